The van der Waals surface area contributed by atoms with Crippen LogP contribution in [0.4, 0.5) is 0 Å². The van der Waals surface area contributed by atoms with Gasteiger partial charge in [0.25, 0.3) is 0 Å². The van der Waals surface area contributed by atoms with E-state index in [9.17, 15) is 0 Å². The Morgan fingerprint density at radius 1 is 1.16 bits per heavy atom. The highest BCUT2D eigenvalue weighted by Gasteiger charge is 2.38. The lowest BCUT2D eigenvalue weighted by Gasteiger charge is -2.40. The summed E-state index contributed by atoms with van der Waals surface area (Å²) >= 11 is 0. The molecule has 0 spiro atoms. The summed E-state index contributed by atoms with van der Waals surface area (Å²) in [7, 11) is 0. The van der Waals surface area contributed by atoms with Crippen molar-refractivity contribution in [2.45, 2.75) is 76.4 Å². The summed E-state index contributed by atoms with van der Waals surface area (Å²) in [6, 6.07) is 0.202. The molecule has 3 heteroatoms. The fourth-order valence-electron chi connectivity index (χ4n) is 3.79. The third-order valence-electron chi connectivity index (χ3n) is 4.99. The van der Waals surface area contributed by atoms with E-state index < -0.39 is 0 Å². The normalized spacial score (nSPS) is 26.8. The van der Waals surface area contributed by atoms with Gasteiger partial charge in [0.2, 0.25) is 0 Å². The first kappa shape index (κ1) is 15.3. The summed E-state index contributed by atoms with van der Waals surface area (Å²) in [5.41, 5.74) is 6.57. The van der Waals surface area contributed by atoms with Gasteiger partial charge in [-0.3, -0.25) is 0 Å². The zero-order valence-corrected chi connectivity index (χ0v) is 12.5. The fourth-order valence-corrected chi connectivity index (χ4v) is 3.79. The van der Waals surface area contributed by atoms with Gasteiger partial charge < -0.3 is 15.2 Å². The van der Waals surface area contributed by atoms with Crippen LogP contribution >= 0.6 is 0 Å². The molecule has 2 fully saturated rings. The molecule has 1 atom stereocenters. The van der Waals surface area contributed by atoms with Gasteiger partial charge in [-0.1, -0.05) is 25.7 Å². The molecule has 0 aromatic rings. The molecule has 0 bridgehead atoms. The number of rotatable bonds is 5. The van der Waals surface area contributed by atoms with Crippen LogP contribution in [-0.4, -0.2) is 31.5 Å². The lowest BCUT2D eigenvalue weighted by molar-refractivity contribution is -0.0756. The SMILES string of the molecule is CCOC1(C(N)CC2CCOCC2)CCCCCC1. The third-order valence-corrected chi connectivity index (χ3v) is 4.99. The molecule has 112 valence electrons. The quantitative estimate of drug-likeness (QED) is 0.779. The Labute approximate surface area is 118 Å². The average molecular weight is 269 g/mol. The molecule has 19 heavy (non-hydrogen) atoms. The van der Waals surface area contributed by atoms with Crippen molar-refractivity contribution in [3.05, 3.63) is 0 Å². The molecule has 1 saturated carbocycles. The van der Waals surface area contributed by atoms with E-state index in [1.165, 1.54) is 38.5 Å². The topological polar surface area (TPSA) is 44.5 Å². The van der Waals surface area contributed by atoms with Crippen LogP contribution in [0.25, 0.3) is 0 Å². The minimum absolute atomic E-state index is 0.0381. The van der Waals surface area contributed by atoms with E-state index in [1.807, 2.05) is 0 Å². The summed E-state index contributed by atoms with van der Waals surface area (Å²) in [6.07, 6.45) is 11.0. The van der Waals surface area contributed by atoms with Gasteiger partial charge in [0.05, 0.1) is 5.60 Å². The van der Waals surface area contributed by atoms with Crippen molar-refractivity contribution < 1.29 is 9.47 Å². The van der Waals surface area contributed by atoms with Crippen LogP contribution in [0.15, 0.2) is 0 Å². The lowest BCUT2D eigenvalue weighted by atomic mass is 9.80. The zero-order valence-electron chi connectivity index (χ0n) is 12.5. The second kappa shape index (κ2) is 7.61. The summed E-state index contributed by atoms with van der Waals surface area (Å²) in [5.74, 6) is 0.740. The molecule has 2 N–H and O–H groups in total. The number of hydrogen-bond acceptors (Lipinski definition) is 3. The van der Waals surface area contributed by atoms with Crippen molar-refractivity contribution in [1.29, 1.82) is 0 Å². The van der Waals surface area contributed by atoms with E-state index in [4.69, 9.17) is 15.2 Å². The third kappa shape index (κ3) is 4.17. The van der Waals surface area contributed by atoms with Crippen LogP contribution in [0, 0.1) is 5.92 Å². The monoisotopic (exact) mass is 269 g/mol. The van der Waals surface area contributed by atoms with Crippen molar-refractivity contribution in [1.82, 2.24) is 0 Å². The van der Waals surface area contributed by atoms with Crippen LogP contribution in [0.3, 0.4) is 0 Å². The van der Waals surface area contributed by atoms with Crippen molar-refractivity contribution in [2.24, 2.45) is 11.7 Å². The fraction of sp³-hybridized carbons (Fsp3) is 1.00. The lowest BCUT2D eigenvalue weighted by Crippen LogP contribution is -2.51. The molecule has 2 rings (SSSR count). The number of nitrogens with two attached hydrogens (primary N) is 1. The maximum absolute atomic E-state index is 6.60. The first-order valence-electron chi connectivity index (χ1n) is 8.24. The minimum atomic E-state index is -0.0381. The largest absolute Gasteiger partial charge is 0.381 e. The highest BCUT2D eigenvalue weighted by atomic mass is 16.5. The van der Waals surface area contributed by atoms with Crippen molar-refractivity contribution in [3.8, 4) is 0 Å². The minimum Gasteiger partial charge on any atom is -0.381 e. The molecule has 1 unspecified atom stereocenters. The molecule has 1 aliphatic heterocycles. The first-order chi connectivity index (χ1) is 9.27. The van der Waals surface area contributed by atoms with Crippen molar-refractivity contribution in [3.63, 3.8) is 0 Å². The summed E-state index contributed by atoms with van der Waals surface area (Å²) in [4.78, 5) is 0. The van der Waals surface area contributed by atoms with Gasteiger partial charge in [-0.2, -0.15) is 0 Å². The molecule has 1 aliphatic carbocycles. The molecule has 0 aromatic heterocycles. The van der Waals surface area contributed by atoms with Crippen LogP contribution in [-0.2, 0) is 9.47 Å². The van der Waals surface area contributed by atoms with Gasteiger partial charge in [-0.25, -0.2) is 0 Å². The average Bonchev–Trinajstić information content (AvgIpc) is 2.67. The Balaban J connectivity index is 1.95. The van der Waals surface area contributed by atoms with Gasteiger partial charge in [0, 0.05) is 25.9 Å². The molecular weight excluding hydrogens is 238 g/mol. The number of ether oxygens (including phenoxy) is 2. The molecule has 0 aromatic carbocycles. The van der Waals surface area contributed by atoms with E-state index in [0.717, 1.165) is 45.0 Å². The van der Waals surface area contributed by atoms with Crippen molar-refractivity contribution in [2.75, 3.05) is 19.8 Å². The van der Waals surface area contributed by atoms with E-state index >= 15 is 0 Å². The van der Waals surface area contributed by atoms with E-state index in [-0.39, 0.29) is 11.6 Å². The Morgan fingerprint density at radius 3 is 2.37 bits per heavy atom. The van der Waals surface area contributed by atoms with Crippen LogP contribution < -0.4 is 5.73 Å². The van der Waals surface area contributed by atoms with Gasteiger partial charge in [0.15, 0.2) is 0 Å². The Morgan fingerprint density at radius 2 is 1.79 bits per heavy atom. The molecule has 0 radical (unpaired) electrons. The molecule has 3 nitrogen and oxygen atoms in total. The molecular formula is C16H31NO2. The Bertz CT molecular complexity index is 243. The van der Waals surface area contributed by atoms with E-state index in [0.29, 0.717) is 0 Å². The van der Waals surface area contributed by atoms with Gasteiger partial charge >= 0.3 is 0 Å². The Kier molecular flexibility index (Phi) is 6.11. The second-order valence-corrected chi connectivity index (χ2v) is 6.31. The van der Waals surface area contributed by atoms with Gasteiger partial charge in [0.1, 0.15) is 0 Å². The standard InChI is InChI=1S/C16H31NO2/c1-2-19-16(9-5-3-4-6-10-16)15(17)13-14-7-11-18-12-8-14/h14-15H,2-13,17H2,1H3. The second-order valence-electron chi connectivity index (χ2n) is 6.31. The highest BCUT2D eigenvalue weighted by molar-refractivity contribution is 4.94. The van der Waals surface area contributed by atoms with Gasteiger partial charge in [-0.05, 0) is 44.9 Å². The first-order valence-corrected chi connectivity index (χ1v) is 8.24. The van der Waals surface area contributed by atoms with Gasteiger partial charge in [-0.15, -0.1) is 0 Å². The molecule has 2 aliphatic rings. The highest BCUT2D eigenvalue weighted by Crippen LogP contribution is 2.36. The predicted molar refractivity (Wildman–Crippen MR) is 78.2 cm³/mol. The Hall–Kier alpha value is -0.120. The maximum Gasteiger partial charge on any atom is 0.0832 e. The number of hydrogen-bond donors (Lipinski definition) is 1. The van der Waals surface area contributed by atoms with Crippen LogP contribution in [0.2, 0.25) is 0 Å². The molecule has 0 amide bonds. The maximum atomic E-state index is 6.60. The zero-order chi connectivity index (χ0) is 13.6. The van der Waals surface area contributed by atoms with E-state index in [1.54, 1.807) is 0 Å². The molecule has 1 saturated heterocycles. The van der Waals surface area contributed by atoms with Crippen molar-refractivity contribution >= 4 is 0 Å². The predicted octanol–water partition coefficient (Wildman–Crippen LogP) is 3.26. The summed E-state index contributed by atoms with van der Waals surface area (Å²) in [6.45, 7) is 4.73. The summed E-state index contributed by atoms with van der Waals surface area (Å²) in [5, 5.41) is 0. The van der Waals surface area contributed by atoms with E-state index in [2.05, 4.69) is 6.92 Å². The molecule has 1 heterocycles. The summed E-state index contributed by atoms with van der Waals surface area (Å²) < 4.78 is 11.6. The van der Waals surface area contributed by atoms with Crippen LogP contribution in [0.1, 0.15) is 64.7 Å². The smallest absolute Gasteiger partial charge is 0.0832 e. The van der Waals surface area contributed by atoms with Crippen LogP contribution in [0.5, 0.6) is 0 Å².